The maximum atomic E-state index is 13.7. The fourth-order valence-electron chi connectivity index (χ4n) is 5.41. The van der Waals surface area contributed by atoms with Crippen LogP contribution in [0.5, 0.6) is 0 Å². The van der Waals surface area contributed by atoms with Gasteiger partial charge in [-0.05, 0) is 89.0 Å². The van der Waals surface area contributed by atoms with Crippen LogP contribution in [0.15, 0.2) is 156 Å². The van der Waals surface area contributed by atoms with Crippen molar-refractivity contribution >= 4 is 63.7 Å². The summed E-state index contributed by atoms with van der Waals surface area (Å²) in [6, 6.07) is 43.2. The zero-order chi connectivity index (χ0) is 35.7. The average molecular weight is 692 g/mol. The van der Waals surface area contributed by atoms with Gasteiger partial charge < -0.3 is 21.1 Å². The van der Waals surface area contributed by atoms with Gasteiger partial charge in [0.1, 0.15) is 10.9 Å². The SMILES string of the molecule is Cc1ccc(C(=O)O)cc1NC(=O)C(Sc1ccc(NC(=O)/C(=C/c2cccc3ccccc23)NC(=O)c2ccccc2)cc1)c1ccccc1. The summed E-state index contributed by atoms with van der Waals surface area (Å²) in [5.74, 6) is -2.32. The van der Waals surface area contributed by atoms with Crippen molar-refractivity contribution in [3.63, 3.8) is 0 Å². The Morgan fingerprint density at radius 2 is 1.35 bits per heavy atom. The minimum atomic E-state index is -1.08. The Morgan fingerprint density at radius 1 is 0.686 bits per heavy atom. The molecule has 0 radical (unpaired) electrons. The van der Waals surface area contributed by atoms with E-state index in [4.69, 9.17) is 0 Å². The van der Waals surface area contributed by atoms with Crippen LogP contribution in [0, 0.1) is 6.92 Å². The molecule has 3 amide bonds. The number of nitrogens with one attached hydrogen (secondary N) is 3. The molecule has 0 saturated heterocycles. The predicted octanol–water partition coefficient (Wildman–Crippen LogP) is 8.73. The molecule has 0 saturated carbocycles. The summed E-state index contributed by atoms with van der Waals surface area (Å²) in [5, 5.41) is 19.3. The Hall–Kier alpha value is -6.45. The number of carbonyl (C=O) groups excluding carboxylic acids is 3. The highest BCUT2D eigenvalue weighted by molar-refractivity contribution is 8.00. The van der Waals surface area contributed by atoms with Crippen LogP contribution in [0.4, 0.5) is 11.4 Å². The van der Waals surface area contributed by atoms with Gasteiger partial charge in [-0.25, -0.2) is 4.79 Å². The number of hydrogen-bond donors (Lipinski definition) is 4. The van der Waals surface area contributed by atoms with Gasteiger partial charge in [0.05, 0.1) is 5.56 Å². The van der Waals surface area contributed by atoms with E-state index in [0.29, 0.717) is 16.9 Å². The maximum absolute atomic E-state index is 13.7. The molecule has 0 aliphatic heterocycles. The fourth-order valence-corrected chi connectivity index (χ4v) is 6.44. The second-order valence-corrected chi connectivity index (χ2v) is 12.8. The molecule has 0 aromatic heterocycles. The number of aromatic carboxylic acids is 1. The number of fused-ring (bicyclic) bond motifs is 1. The molecule has 9 heteroatoms. The number of hydrogen-bond acceptors (Lipinski definition) is 5. The number of thioether (sulfide) groups is 1. The van der Waals surface area contributed by atoms with E-state index in [1.807, 2.05) is 78.9 Å². The summed E-state index contributed by atoms with van der Waals surface area (Å²) in [4.78, 5) is 52.9. The predicted molar refractivity (Wildman–Crippen MR) is 203 cm³/mol. The number of rotatable bonds is 11. The number of carboxylic acids is 1. The third kappa shape index (κ3) is 8.59. The number of carbonyl (C=O) groups is 4. The van der Waals surface area contributed by atoms with Crippen molar-refractivity contribution in [1.82, 2.24) is 5.32 Å². The van der Waals surface area contributed by atoms with Crippen LogP contribution >= 0.6 is 11.8 Å². The lowest BCUT2D eigenvalue weighted by atomic mass is 10.0. The van der Waals surface area contributed by atoms with Crippen molar-refractivity contribution < 1.29 is 24.3 Å². The zero-order valence-corrected chi connectivity index (χ0v) is 28.3. The molecular weight excluding hydrogens is 659 g/mol. The highest BCUT2D eigenvalue weighted by Crippen LogP contribution is 2.37. The van der Waals surface area contributed by atoms with E-state index in [2.05, 4.69) is 16.0 Å². The molecule has 6 aromatic rings. The van der Waals surface area contributed by atoms with Gasteiger partial charge in [-0.1, -0.05) is 97.1 Å². The minimum absolute atomic E-state index is 0.0710. The second-order valence-electron chi connectivity index (χ2n) is 11.7. The van der Waals surface area contributed by atoms with Crippen LogP contribution in [-0.4, -0.2) is 28.8 Å². The van der Waals surface area contributed by atoms with E-state index in [-0.39, 0.29) is 17.2 Å². The number of anilines is 2. The highest BCUT2D eigenvalue weighted by Gasteiger charge is 2.23. The van der Waals surface area contributed by atoms with E-state index in [9.17, 15) is 24.3 Å². The zero-order valence-electron chi connectivity index (χ0n) is 27.5. The van der Waals surface area contributed by atoms with Crippen molar-refractivity contribution in [3.05, 3.63) is 179 Å². The Balaban J connectivity index is 1.23. The average Bonchev–Trinajstić information content (AvgIpc) is 3.15. The van der Waals surface area contributed by atoms with E-state index in [0.717, 1.165) is 32.4 Å². The number of amides is 3. The molecule has 8 nitrogen and oxygen atoms in total. The Kier molecular flexibility index (Phi) is 10.7. The molecule has 0 fully saturated rings. The van der Waals surface area contributed by atoms with E-state index in [1.165, 1.54) is 23.9 Å². The van der Waals surface area contributed by atoms with Crippen LogP contribution in [0.25, 0.3) is 16.8 Å². The van der Waals surface area contributed by atoms with Crippen LogP contribution in [-0.2, 0) is 9.59 Å². The van der Waals surface area contributed by atoms with Crippen molar-refractivity contribution in [2.45, 2.75) is 17.1 Å². The summed E-state index contributed by atoms with van der Waals surface area (Å²) in [6.07, 6.45) is 1.67. The van der Waals surface area contributed by atoms with Gasteiger partial charge in [0, 0.05) is 21.8 Å². The first-order chi connectivity index (χ1) is 24.7. The summed E-state index contributed by atoms with van der Waals surface area (Å²) in [5.41, 5.74) is 3.75. The van der Waals surface area contributed by atoms with Gasteiger partial charge in [0.25, 0.3) is 11.8 Å². The minimum Gasteiger partial charge on any atom is -0.478 e. The van der Waals surface area contributed by atoms with Crippen molar-refractivity contribution in [3.8, 4) is 0 Å². The molecule has 252 valence electrons. The Morgan fingerprint density at radius 3 is 2.08 bits per heavy atom. The monoisotopic (exact) mass is 691 g/mol. The molecular formula is C42H33N3O5S. The summed E-state index contributed by atoms with van der Waals surface area (Å²) < 4.78 is 0. The maximum Gasteiger partial charge on any atom is 0.335 e. The molecule has 6 rings (SSSR count). The molecule has 51 heavy (non-hydrogen) atoms. The van der Waals surface area contributed by atoms with Crippen molar-refractivity contribution in [2.75, 3.05) is 10.6 Å². The van der Waals surface area contributed by atoms with Crippen LogP contribution in [0.3, 0.4) is 0 Å². The quantitative estimate of drug-likeness (QED) is 0.0796. The van der Waals surface area contributed by atoms with E-state index in [1.54, 1.807) is 67.6 Å². The van der Waals surface area contributed by atoms with Crippen molar-refractivity contribution in [2.24, 2.45) is 0 Å². The van der Waals surface area contributed by atoms with Gasteiger partial charge in [0.2, 0.25) is 5.91 Å². The van der Waals surface area contributed by atoms with Crippen LogP contribution in [0.1, 0.15) is 42.7 Å². The molecule has 0 aliphatic rings. The number of aryl methyl sites for hydroxylation is 1. The van der Waals surface area contributed by atoms with Gasteiger partial charge in [0.15, 0.2) is 0 Å². The molecule has 4 N–H and O–H groups in total. The first kappa shape index (κ1) is 34.4. The van der Waals surface area contributed by atoms with Gasteiger partial charge in [-0.2, -0.15) is 0 Å². The molecule has 0 heterocycles. The summed E-state index contributed by atoms with van der Waals surface area (Å²) >= 11 is 1.32. The van der Waals surface area contributed by atoms with Gasteiger partial charge in [-0.3, -0.25) is 14.4 Å². The highest BCUT2D eigenvalue weighted by atomic mass is 32.2. The topological polar surface area (TPSA) is 125 Å². The van der Waals surface area contributed by atoms with E-state index >= 15 is 0 Å². The fraction of sp³-hybridized carbons (Fsp3) is 0.0476. The lowest BCUT2D eigenvalue weighted by molar-refractivity contribution is -0.116. The van der Waals surface area contributed by atoms with E-state index < -0.39 is 23.0 Å². The summed E-state index contributed by atoms with van der Waals surface area (Å²) in [6.45, 7) is 1.80. The van der Waals surface area contributed by atoms with Gasteiger partial charge >= 0.3 is 5.97 Å². The molecule has 0 aliphatic carbocycles. The third-order valence-corrected chi connectivity index (χ3v) is 9.37. The molecule has 0 bridgehead atoms. The largest absolute Gasteiger partial charge is 0.478 e. The summed E-state index contributed by atoms with van der Waals surface area (Å²) in [7, 11) is 0. The van der Waals surface area contributed by atoms with Crippen LogP contribution < -0.4 is 16.0 Å². The Bertz CT molecular complexity index is 2250. The van der Waals surface area contributed by atoms with Crippen molar-refractivity contribution in [1.29, 1.82) is 0 Å². The smallest absolute Gasteiger partial charge is 0.335 e. The number of benzene rings is 6. The third-order valence-electron chi connectivity index (χ3n) is 8.10. The Labute approximate surface area is 299 Å². The standard InChI is InChI=1S/C42H33N3O5S/c1-27-19-20-32(42(49)50)26-36(27)44-41(48)38(29-12-4-2-5-13-29)51-34-23-21-33(22-24-34)43-40(47)37(45-39(46)30-14-6-3-7-15-30)25-31-17-10-16-28-11-8-9-18-35(28)31/h2-26,38H,1H3,(H,43,47)(H,44,48)(H,45,46)(H,49,50)/b37-25-. The van der Waals surface area contributed by atoms with Crippen LogP contribution in [0.2, 0.25) is 0 Å². The molecule has 1 unspecified atom stereocenters. The first-order valence-electron chi connectivity index (χ1n) is 16.1. The second kappa shape index (κ2) is 15.8. The molecule has 6 aromatic carbocycles. The van der Waals surface area contributed by atoms with Gasteiger partial charge in [-0.15, -0.1) is 11.8 Å². The lowest BCUT2D eigenvalue weighted by Gasteiger charge is -2.18. The number of carboxylic acid groups (broad SMARTS) is 1. The first-order valence-corrected chi connectivity index (χ1v) is 17.0. The lowest BCUT2D eigenvalue weighted by Crippen LogP contribution is -2.30. The molecule has 0 spiro atoms. The normalized spacial score (nSPS) is 11.7. The molecule has 1 atom stereocenters.